The fourth-order valence-corrected chi connectivity index (χ4v) is 3.04. The van der Waals surface area contributed by atoms with Crippen LogP contribution in [0.25, 0.3) is 0 Å². The summed E-state index contributed by atoms with van der Waals surface area (Å²) in [6.07, 6.45) is 0. The second kappa shape index (κ2) is 6.73. The van der Waals surface area contributed by atoms with Crippen molar-refractivity contribution in [2.24, 2.45) is 4.99 Å². The SMILES string of the molecule is Cc1ccc(N=C2SC(=O)C(C#N)=C2Nc2ccc(C)cc2)cc1. The highest BCUT2D eigenvalue weighted by Crippen LogP contribution is 2.32. The largest absolute Gasteiger partial charge is 0.352 e. The Kier molecular flexibility index (Phi) is 4.50. The van der Waals surface area contributed by atoms with E-state index in [9.17, 15) is 10.1 Å². The Balaban J connectivity index is 1.98. The molecule has 0 bridgehead atoms. The second-order valence-corrected chi connectivity index (χ2v) is 6.46. The molecule has 0 saturated heterocycles. The summed E-state index contributed by atoms with van der Waals surface area (Å²) in [4.78, 5) is 16.6. The molecule has 0 amide bonds. The first-order valence-electron chi connectivity index (χ1n) is 7.43. The van der Waals surface area contributed by atoms with Crippen molar-refractivity contribution in [3.05, 3.63) is 70.9 Å². The molecule has 0 aliphatic carbocycles. The molecule has 24 heavy (non-hydrogen) atoms. The van der Waals surface area contributed by atoms with E-state index in [2.05, 4.69) is 10.3 Å². The summed E-state index contributed by atoms with van der Waals surface area (Å²) in [6, 6.07) is 17.4. The Morgan fingerprint density at radius 1 is 1.00 bits per heavy atom. The van der Waals surface area contributed by atoms with Gasteiger partial charge in [0.15, 0.2) is 0 Å². The maximum atomic E-state index is 12.1. The van der Waals surface area contributed by atoms with Gasteiger partial charge in [0.25, 0.3) is 0 Å². The van der Waals surface area contributed by atoms with Gasteiger partial charge in [0.1, 0.15) is 16.7 Å². The van der Waals surface area contributed by atoms with Crippen molar-refractivity contribution in [2.45, 2.75) is 13.8 Å². The van der Waals surface area contributed by atoms with E-state index in [0.29, 0.717) is 10.7 Å². The number of nitrogens with one attached hydrogen (secondary N) is 1. The summed E-state index contributed by atoms with van der Waals surface area (Å²) in [5.41, 5.74) is 4.41. The molecule has 1 aliphatic rings. The topological polar surface area (TPSA) is 65.2 Å². The smallest absolute Gasteiger partial charge is 0.238 e. The van der Waals surface area contributed by atoms with Crippen molar-refractivity contribution in [1.82, 2.24) is 0 Å². The van der Waals surface area contributed by atoms with Gasteiger partial charge < -0.3 is 5.32 Å². The number of aryl methyl sites for hydroxylation is 2. The molecular formula is C19H15N3OS. The first-order valence-corrected chi connectivity index (χ1v) is 8.24. The average Bonchev–Trinajstić information content (AvgIpc) is 2.86. The van der Waals surface area contributed by atoms with Gasteiger partial charge >= 0.3 is 0 Å². The number of anilines is 1. The summed E-state index contributed by atoms with van der Waals surface area (Å²) < 4.78 is 0. The van der Waals surface area contributed by atoms with Crippen LogP contribution in [-0.4, -0.2) is 10.2 Å². The molecule has 3 rings (SSSR count). The Bertz CT molecular complexity index is 888. The van der Waals surface area contributed by atoms with Crippen molar-refractivity contribution in [3.63, 3.8) is 0 Å². The predicted octanol–water partition coefficient (Wildman–Crippen LogP) is 4.50. The highest BCUT2D eigenvalue weighted by atomic mass is 32.2. The standard InChI is InChI=1S/C19H15N3OS/c1-12-3-7-14(8-4-12)21-17-16(11-20)19(23)24-18(17)22-15-9-5-13(2)6-10-15/h3-10,21H,1-2H3. The lowest BCUT2D eigenvalue weighted by Gasteiger charge is -2.09. The molecule has 0 saturated carbocycles. The number of thioether (sulfide) groups is 1. The van der Waals surface area contributed by atoms with Crippen LogP contribution in [0.2, 0.25) is 0 Å². The predicted molar refractivity (Wildman–Crippen MR) is 98.3 cm³/mol. The highest BCUT2D eigenvalue weighted by molar-refractivity contribution is 8.27. The number of hydrogen-bond donors (Lipinski definition) is 1. The maximum absolute atomic E-state index is 12.1. The van der Waals surface area contributed by atoms with Crippen molar-refractivity contribution in [1.29, 1.82) is 5.26 Å². The molecule has 5 heteroatoms. The van der Waals surface area contributed by atoms with Gasteiger partial charge in [-0.1, -0.05) is 35.4 Å². The Morgan fingerprint density at radius 3 is 2.17 bits per heavy atom. The van der Waals surface area contributed by atoms with Crippen LogP contribution < -0.4 is 5.32 Å². The molecule has 0 aromatic heterocycles. The molecule has 0 unspecified atom stereocenters. The third-order valence-electron chi connectivity index (χ3n) is 3.55. The van der Waals surface area contributed by atoms with E-state index in [1.54, 1.807) is 0 Å². The molecule has 0 fully saturated rings. The van der Waals surface area contributed by atoms with Crippen LogP contribution in [0.3, 0.4) is 0 Å². The molecular weight excluding hydrogens is 318 g/mol. The third-order valence-corrected chi connectivity index (χ3v) is 4.43. The minimum absolute atomic E-state index is 0.103. The van der Waals surface area contributed by atoms with Crippen LogP contribution in [0, 0.1) is 25.2 Å². The monoisotopic (exact) mass is 333 g/mol. The first-order chi connectivity index (χ1) is 11.6. The number of hydrogen-bond acceptors (Lipinski definition) is 5. The van der Waals surface area contributed by atoms with E-state index in [1.807, 2.05) is 68.4 Å². The molecule has 0 radical (unpaired) electrons. The van der Waals surface area contributed by atoms with Crippen molar-refractivity contribution in [3.8, 4) is 6.07 Å². The number of carbonyl (C=O) groups is 1. The third kappa shape index (κ3) is 3.39. The van der Waals surface area contributed by atoms with Gasteiger partial charge in [-0.3, -0.25) is 4.79 Å². The van der Waals surface area contributed by atoms with Gasteiger partial charge in [-0.25, -0.2) is 4.99 Å². The summed E-state index contributed by atoms with van der Waals surface area (Å²) in [5.74, 6) is 0. The lowest BCUT2D eigenvalue weighted by molar-refractivity contribution is -0.107. The van der Waals surface area contributed by atoms with Crippen LogP contribution in [0.5, 0.6) is 0 Å². The van der Waals surface area contributed by atoms with E-state index < -0.39 is 0 Å². The van der Waals surface area contributed by atoms with Crippen molar-refractivity contribution in [2.75, 3.05) is 5.32 Å². The molecule has 1 heterocycles. The van der Waals surface area contributed by atoms with Crippen molar-refractivity contribution < 1.29 is 4.79 Å². The molecule has 0 atom stereocenters. The fraction of sp³-hybridized carbons (Fsp3) is 0.105. The van der Waals surface area contributed by atoms with Crippen LogP contribution in [0.1, 0.15) is 11.1 Å². The van der Waals surface area contributed by atoms with E-state index in [0.717, 1.165) is 34.3 Å². The lowest BCUT2D eigenvalue weighted by Crippen LogP contribution is -2.06. The number of carbonyl (C=O) groups excluding carboxylic acids is 1. The summed E-state index contributed by atoms with van der Waals surface area (Å²) in [5, 5.41) is 12.7. The van der Waals surface area contributed by atoms with Crippen LogP contribution in [0.4, 0.5) is 11.4 Å². The molecule has 4 nitrogen and oxygen atoms in total. The van der Waals surface area contributed by atoms with E-state index in [4.69, 9.17) is 0 Å². The Labute approximate surface area is 144 Å². The van der Waals surface area contributed by atoms with Gasteiger partial charge in [-0.2, -0.15) is 5.26 Å². The van der Waals surface area contributed by atoms with Crippen LogP contribution >= 0.6 is 11.8 Å². The number of benzene rings is 2. The Hall–Kier alpha value is -2.84. The van der Waals surface area contributed by atoms with E-state index >= 15 is 0 Å². The molecule has 1 N–H and O–H groups in total. The fourth-order valence-electron chi connectivity index (χ4n) is 2.21. The normalized spacial score (nSPS) is 15.7. The zero-order valence-corrected chi connectivity index (χ0v) is 14.1. The summed E-state index contributed by atoms with van der Waals surface area (Å²) in [6.45, 7) is 4.01. The molecule has 118 valence electrons. The molecule has 1 aliphatic heterocycles. The molecule has 2 aromatic rings. The number of aliphatic imine (C=N–C) groups is 1. The minimum atomic E-state index is -0.280. The lowest BCUT2D eigenvalue weighted by atomic mass is 10.2. The van der Waals surface area contributed by atoms with Gasteiger partial charge in [0.2, 0.25) is 5.12 Å². The number of nitriles is 1. The maximum Gasteiger partial charge on any atom is 0.238 e. The van der Waals surface area contributed by atoms with Gasteiger partial charge in [0.05, 0.1) is 11.4 Å². The van der Waals surface area contributed by atoms with Gasteiger partial charge in [-0.15, -0.1) is 0 Å². The van der Waals surface area contributed by atoms with E-state index in [-0.39, 0.29) is 10.7 Å². The summed E-state index contributed by atoms with van der Waals surface area (Å²) in [7, 11) is 0. The zero-order chi connectivity index (χ0) is 17.1. The molecule has 0 spiro atoms. The van der Waals surface area contributed by atoms with Gasteiger partial charge in [0, 0.05) is 5.69 Å². The van der Waals surface area contributed by atoms with Crippen molar-refractivity contribution >= 4 is 33.3 Å². The minimum Gasteiger partial charge on any atom is -0.352 e. The van der Waals surface area contributed by atoms with E-state index in [1.165, 1.54) is 0 Å². The van der Waals surface area contributed by atoms with Crippen LogP contribution in [-0.2, 0) is 4.79 Å². The quantitative estimate of drug-likeness (QED) is 0.898. The Morgan fingerprint density at radius 2 is 1.58 bits per heavy atom. The number of rotatable bonds is 3. The zero-order valence-electron chi connectivity index (χ0n) is 13.3. The van der Waals surface area contributed by atoms with Crippen LogP contribution in [0.15, 0.2) is 64.8 Å². The first kappa shape index (κ1) is 16.0. The summed E-state index contributed by atoms with van der Waals surface area (Å²) >= 11 is 0.980. The second-order valence-electron chi connectivity index (χ2n) is 5.49. The number of nitrogens with zero attached hydrogens (tertiary/aromatic N) is 2. The van der Waals surface area contributed by atoms with Gasteiger partial charge in [-0.05, 0) is 49.9 Å². The average molecular weight is 333 g/mol. The molecule has 2 aromatic carbocycles. The highest BCUT2D eigenvalue weighted by Gasteiger charge is 2.30.